The second-order valence-corrected chi connectivity index (χ2v) is 5.84. The van der Waals surface area contributed by atoms with Crippen LogP contribution in [0.15, 0.2) is 59.2 Å². The highest BCUT2D eigenvalue weighted by Gasteiger charge is 2.09. The number of rotatable bonds is 4. The molecule has 3 aromatic rings. The number of nitrogens with one attached hydrogen (secondary N) is 2. The molecule has 0 unspecified atom stereocenters. The fourth-order valence-electron chi connectivity index (χ4n) is 2.48. The number of aromatic nitrogens is 1. The van der Waals surface area contributed by atoms with Gasteiger partial charge in [-0.1, -0.05) is 52.3 Å². The van der Waals surface area contributed by atoms with Crippen LogP contribution >= 0.6 is 15.9 Å². The van der Waals surface area contributed by atoms with Crippen LogP contribution in [-0.2, 0) is 6.54 Å². The lowest BCUT2D eigenvalue weighted by Crippen LogP contribution is -2.18. The highest BCUT2D eigenvalue weighted by molar-refractivity contribution is 9.10. The molecule has 0 spiro atoms. The Bertz CT molecular complexity index is 718. The van der Waals surface area contributed by atoms with Gasteiger partial charge in [0.25, 0.3) is 0 Å². The van der Waals surface area contributed by atoms with Crippen molar-refractivity contribution in [1.29, 1.82) is 0 Å². The van der Waals surface area contributed by atoms with Crippen molar-refractivity contribution in [3.8, 4) is 0 Å². The molecule has 0 bridgehead atoms. The summed E-state index contributed by atoms with van der Waals surface area (Å²) in [6, 6.07) is 17.1. The molecule has 0 saturated carbocycles. The first-order valence-electron chi connectivity index (χ1n) is 6.78. The Hall–Kier alpha value is -1.58. The molecule has 0 aliphatic rings. The molecule has 3 rings (SSSR count). The third-order valence-electron chi connectivity index (χ3n) is 3.65. The lowest BCUT2D eigenvalue weighted by Gasteiger charge is -2.15. The first-order chi connectivity index (χ1) is 9.75. The summed E-state index contributed by atoms with van der Waals surface area (Å²) in [7, 11) is 0. The first-order valence-corrected chi connectivity index (χ1v) is 7.58. The average molecular weight is 329 g/mol. The summed E-state index contributed by atoms with van der Waals surface area (Å²) in [6.45, 7) is 3.04. The molecule has 0 fully saturated rings. The van der Waals surface area contributed by atoms with Gasteiger partial charge in [0.2, 0.25) is 0 Å². The molecule has 3 heteroatoms. The van der Waals surface area contributed by atoms with Gasteiger partial charge < -0.3 is 10.3 Å². The SMILES string of the molecule is C[C@@H](NCc1c[nH]c2ccccc12)c1ccccc1Br. The van der Waals surface area contributed by atoms with Gasteiger partial charge in [-0.2, -0.15) is 0 Å². The fraction of sp³-hybridized carbons (Fsp3) is 0.176. The van der Waals surface area contributed by atoms with Crippen LogP contribution in [0.2, 0.25) is 0 Å². The maximum atomic E-state index is 3.61. The number of hydrogen-bond acceptors (Lipinski definition) is 1. The summed E-state index contributed by atoms with van der Waals surface area (Å²) in [5, 5.41) is 4.88. The van der Waals surface area contributed by atoms with Crippen molar-refractivity contribution in [3.63, 3.8) is 0 Å². The van der Waals surface area contributed by atoms with Crippen LogP contribution in [0.1, 0.15) is 24.1 Å². The van der Waals surface area contributed by atoms with E-state index in [9.17, 15) is 0 Å². The van der Waals surface area contributed by atoms with Gasteiger partial charge in [0.05, 0.1) is 0 Å². The summed E-state index contributed by atoms with van der Waals surface area (Å²) < 4.78 is 1.15. The van der Waals surface area contributed by atoms with E-state index in [1.165, 1.54) is 22.0 Å². The van der Waals surface area contributed by atoms with Crippen LogP contribution in [0.4, 0.5) is 0 Å². The molecular weight excluding hydrogens is 312 g/mol. The molecule has 0 radical (unpaired) electrons. The summed E-state index contributed by atoms with van der Waals surface area (Å²) in [5.41, 5.74) is 3.78. The molecule has 1 heterocycles. The van der Waals surface area contributed by atoms with Gasteiger partial charge in [0.1, 0.15) is 0 Å². The van der Waals surface area contributed by atoms with Gasteiger partial charge >= 0.3 is 0 Å². The van der Waals surface area contributed by atoms with E-state index < -0.39 is 0 Å². The number of halogens is 1. The van der Waals surface area contributed by atoms with Gasteiger partial charge in [-0.15, -0.1) is 0 Å². The van der Waals surface area contributed by atoms with E-state index in [0.717, 1.165) is 11.0 Å². The number of H-pyrrole nitrogens is 1. The number of hydrogen-bond donors (Lipinski definition) is 2. The molecule has 2 aromatic carbocycles. The number of benzene rings is 2. The zero-order chi connectivity index (χ0) is 13.9. The Kier molecular flexibility index (Phi) is 3.90. The van der Waals surface area contributed by atoms with E-state index in [1.807, 2.05) is 6.07 Å². The molecule has 1 atom stereocenters. The Morgan fingerprint density at radius 3 is 2.70 bits per heavy atom. The predicted octanol–water partition coefficient (Wildman–Crippen LogP) is 4.78. The van der Waals surface area contributed by atoms with Crippen LogP contribution in [0.3, 0.4) is 0 Å². The van der Waals surface area contributed by atoms with Gasteiger partial charge in [-0.25, -0.2) is 0 Å². The quantitative estimate of drug-likeness (QED) is 0.708. The molecule has 0 aliphatic carbocycles. The van der Waals surface area contributed by atoms with Crippen molar-refractivity contribution in [2.45, 2.75) is 19.5 Å². The van der Waals surface area contributed by atoms with E-state index in [2.05, 4.69) is 81.8 Å². The van der Waals surface area contributed by atoms with E-state index in [1.54, 1.807) is 0 Å². The zero-order valence-corrected chi connectivity index (χ0v) is 12.9. The largest absolute Gasteiger partial charge is 0.361 e. The Balaban J connectivity index is 1.75. The Morgan fingerprint density at radius 1 is 1.10 bits per heavy atom. The Labute approximate surface area is 127 Å². The first kappa shape index (κ1) is 13.4. The fourth-order valence-corrected chi connectivity index (χ4v) is 3.11. The third-order valence-corrected chi connectivity index (χ3v) is 4.37. The van der Waals surface area contributed by atoms with E-state index in [4.69, 9.17) is 0 Å². The van der Waals surface area contributed by atoms with Crippen molar-refractivity contribution in [3.05, 3.63) is 70.3 Å². The lowest BCUT2D eigenvalue weighted by atomic mass is 10.1. The molecule has 102 valence electrons. The molecule has 0 aliphatic heterocycles. The number of fused-ring (bicyclic) bond motifs is 1. The summed E-state index contributed by atoms with van der Waals surface area (Å²) in [6.07, 6.45) is 2.09. The van der Waals surface area contributed by atoms with Gasteiger partial charge in [-0.3, -0.25) is 0 Å². The van der Waals surface area contributed by atoms with Crippen LogP contribution < -0.4 is 5.32 Å². The van der Waals surface area contributed by atoms with Gasteiger partial charge in [0.15, 0.2) is 0 Å². The molecule has 0 amide bonds. The third kappa shape index (κ3) is 2.65. The molecular formula is C17H17BrN2. The normalized spacial score (nSPS) is 12.7. The summed E-state index contributed by atoms with van der Waals surface area (Å²) >= 11 is 3.61. The number of para-hydroxylation sites is 1. The minimum Gasteiger partial charge on any atom is -0.361 e. The maximum Gasteiger partial charge on any atom is 0.0457 e. The summed E-state index contributed by atoms with van der Waals surface area (Å²) in [4.78, 5) is 3.31. The zero-order valence-electron chi connectivity index (χ0n) is 11.4. The minimum atomic E-state index is 0.305. The monoisotopic (exact) mass is 328 g/mol. The van der Waals surface area contributed by atoms with Crippen LogP contribution in [0.5, 0.6) is 0 Å². The molecule has 2 N–H and O–H groups in total. The lowest BCUT2D eigenvalue weighted by molar-refractivity contribution is 0.574. The van der Waals surface area contributed by atoms with E-state index in [-0.39, 0.29) is 0 Å². The van der Waals surface area contributed by atoms with Crippen LogP contribution in [-0.4, -0.2) is 4.98 Å². The van der Waals surface area contributed by atoms with Crippen LogP contribution in [0.25, 0.3) is 10.9 Å². The smallest absolute Gasteiger partial charge is 0.0457 e. The second kappa shape index (κ2) is 5.81. The van der Waals surface area contributed by atoms with Crippen molar-refractivity contribution in [2.75, 3.05) is 0 Å². The molecule has 2 nitrogen and oxygen atoms in total. The van der Waals surface area contributed by atoms with Crippen molar-refractivity contribution in [1.82, 2.24) is 10.3 Å². The highest BCUT2D eigenvalue weighted by atomic mass is 79.9. The van der Waals surface area contributed by atoms with Crippen LogP contribution in [0, 0.1) is 0 Å². The standard InChI is InChI=1S/C17H17BrN2/c1-12(14-6-2-4-8-16(14)18)19-10-13-11-20-17-9-5-3-7-15(13)17/h2-9,11-12,19-20H,10H2,1H3/t12-/m1/s1. The van der Waals surface area contributed by atoms with Crippen molar-refractivity contribution >= 4 is 26.8 Å². The van der Waals surface area contributed by atoms with Gasteiger partial charge in [-0.05, 0) is 30.2 Å². The summed E-state index contributed by atoms with van der Waals surface area (Å²) in [5.74, 6) is 0. The molecule has 1 aromatic heterocycles. The molecule has 0 saturated heterocycles. The van der Waals surface area contributed by atoms with E-state index in [0.29, 0.717) is 6.04 Å². The number of aromatic amines is 1. The van der Waals surface area contributed by atoms with Gasteiger partial charge in [0, 0.05) is 34.2 Å². The Morgan fingerprint density at radius 2 is 1.85 bits per heavy atom. The van der Waals surface area contributed by atoms with Crippen molar-refractivity contribution in [2.24, 2.45) is 0 Å². The average Bonchev–Trinajstić information content (AvgIpc) is 2.88. The predicted molar refractivity (Wildman–Crippen MR) is 87.7 cm³/mol. The maximum absolute atomic E-state index is 3.61. The minimum absolute atomic E-state index is 0.305. The topological polar surface area (TPSA) is 27.8 Å². The second-order valence-electron chi connectivity index (χ2n) is 4.98. The van der Waals surface area contributed by atoms with E-state index >= 15 is 0 Å². The highest BCUT2D eigenvalue weighted by Crippen LogP contribution is 2.24. The molecule has 20 heavy (non-hydrogen) atoms. The van der Waals surface area contributed by atoms with Crippen molar-refractivity contribution < 1.29 is 0 Å².